The van der Waals surface area contributed by atoms with Crippen LogP contribution < -0.4 is 0 Å². The molecule has 3 nitrogen and oxygen atoms in total. The van der Waals surface area contributed by atoms with Gasteiger partial charge in [0.05, 0.1) is 13.2 Å². The lowest BCUT2D eigenvalue weighted by molar-refractivity contribution is -0.138. The molecular formula is C10H18ClNO2. The number of nitrogens with zero attached hydrogens (tertiary/aromatic N) is 1. The topological polar surface area (TPSA) is 29.5 Å². The highest BCUT2D eigenvalue weighted by atomic mass is 35.5. The number of ether oxygens (including phenoxy) is 1. The molecule has 0 aliphatic carbocycles. The number of alkyl halides is 1. The molecule has 0 bridgehead atoms. The quantitative estimate of drug-likeness (QED) is 0.518. The van der Waals surface area contributed by atoms with Crippen LogP contribution in [-0.4, -0.2) is 43.0 Å². The number of halogens is 1. The van der Waals surface area contributed by atoms with Crippen molar-refractivity contribution in [2.45, 2.75) is 19.8 Å². The van der Waals surface area contributed by atoms with E-state index in [9.17, 15) is 4.79 Å². The van der Waals surface area contributed by atoms with Gasteiger partial charge in [0.2, 0.25) is 5.91 Å². The average Bonchev–Trinajstić information content (AvgIpc) is 2.19. The van der Waals surface area contributed by atoms with Crippen LogP contribution in [0.5, 0.6) is 0 Å². The number of piperidine rings is 1. The van der Waals surface area contributed by atoms with Gasteiger partial charge in [-0.25, -0.2) is 0 Å². The lowest BCUT2D eigenvalue weighted by atomic mass is 9.99. The Kier molecular flexibility index (Phi) is 5.26. The summed E-state index contributed by atoms with van der Waals surface area (Å²) in [5.74, 6) is 0.979. The van der Waals surface area contributed by atoms with Gasteiger partial charge in [0.25, 0.3) is 0 Å². The lowest BCUT2D eigenvalue weighted by Crippen LogP contribution is -2.41. The SMILES string of the molecule is CC1CCCN(CCOCCCl)C1=O. The van der Waals surface area contributed by atoms with Crippen LogP contribution in [-0.2, 0) is 9.53 Å². The predicted octanol–water partition coefficient (Wildman–Crippen LogP) is 1.50. The van der Waals surface area contributed by atoms with Crippen molar-refractivity contribution in [2.75, 3.05) is 32.2 Å². The smallest absolute Gasteiger partial charge is 0.225 e. The van der Waals surface area contributed by atoms with Gasteiger partial charge >= 0.3 is 0 Å². The van der Waals surface area contributed by atoms with Gasteiger partial charge in [-0.05, 0) is 12.8 Å². The molecule has 0 aromatic heterocycles. The number of hydrogen-bond acceptors (Lipinski definition) is 2. The van der Waals surface area contributed by atoms with Crippen LogP contribution in [0, 0.1) is 5.92 Å². The van der Waals surface area contributed by atoms with Crippen LogP contribution in [0.3, 0.4) is 0 Å². The summed E-state index contributed by atoms with van der Waals surface area (Å²) < 4.78 is 5.24. The Bertz CT molecular complexity index is 187. The van der Waals surface area contributed by atoms with E-state index in [0.717, 1.165) is 19.4 Å². The van der Waals surface area contributed by atoms with E-state index in [1.165, 1.54) is 0 Å². The molecule has 82 valence electrons. The molecule has 1 fully saturated rings. The number of carbonyl (C=O) groups excluding carboxylic acids is 1. The number of amides is 1. The van der Waals surface area contributed by atoms with Crippen molar-refractivity contribution >= 4 is 17.5 Å². The summed E-state index contributed by atoms with van der Waals surface area (Å²) in [6.45, 7) is 4.76. The maximum atomic E-state index is 11.6. The maximum absolute atomic E-state index is 11.6. The first-order valence-corrected chi connectivity index (χ1v) is 5.71. The van der Waals surface area contributed by atoms with Gasteiger partial charge in [-0.3, -0.25) is 4.79 Å². The molecule has 0 N–H and O–H groups in total. The molecule has 0 radical (unpaired) electrons. The molecule has 1 saturated heterocycles. The van der Waals surface area contributed by atoms with E-state index >= 15 is 0 Å². The second kappa shape index (κ2) is 6.25. The molecule has 0 aromatic carbocycles. The zero-order valence-electron chi connectivity index (χ0n) is 8.67. The monoisotopic (exact) mass is 219 g/mol. The second-order valence-electron chi connectivity index (χ2n) is 3.67. The molecular weight excluding hydrogens is 202 g/mol. The number of hydrogen-bond donors (Lipinski definition) is 0. The van der Waals surface area contributed by atoms with Gasteiger partial charge in [0.15, 0.2) is 0 Å². The Hall–Kier alpha value is -0.280. The van der Waals surface area contributed by atoms with Crippen molar-refractivity contribution in [3.63, 3.8) is 0 Å². The van der Waals surface area contributed by atoms with Gasteiger partial charge in [-0.2, -0.15) is 0 Å². The average molecular weight is 220 g/mol. The van der Waals surface area contributed by atoms with Crippen molar-refractivity contribution in [3.05, 3.63) is 0 Å². The third-order valence-corrected chi connectivity index (χ3v) is 2.68. The van der Waals surface area contributed by atoms with E-state index in [0.29, 0.717) is 25.6 Å². The molecule has 1 unspecified atom stereocenters. The highest BCUT2D eigenvalue weighted by Crippen LogP contribution is 2.16. The number of likely N-dealkylation sites (tertiary alicyclic amines) is 1. The Morgan fingerprint density at radius 1 is 1.57 bits per heavy atom. The Morgan fingerprint density at radius 3 is 3.07 bits per heavy atom. The van der Waals surface area contributed by atoms with Gasteiger partial charge in [-0.1, -0.05) is 6.92 Å². The molecule has 1 rings (SSSR count). The van der Waals surface area contributed by atoms with Crippen molar-refractivity contribution in [1.82, 2.24) is 4.90 Å². The van der Waals surface area contributed by atoms with Gasteiger partial charge < -0.3 is 9.64 Å². The van der Waals surface area contributed by atoms with Crippen LogP contribution in [0.25, 0.3) is 0 Å². The van der Waals surface area contributed by atoms with Crippen LogP contribution in [0.4, 0.5) is 0 Å². The highest BCUT2D eigenvalue weighted by molar-refractivity contribution is 6.17. The number of carbonyl (C=O) groups is 1. The molecule has 1 amide bonds. The van der Waals surface area contributed by atoms with E-state index in [2.05, 4.69) is 0 Å². The minimum absolute atomic E-state index is 0.191. The van der Waals surface area contributed by atoms with Crippen molar-refractivity contribution in [1.29, 1.82) is 0 Å². The van der Waals surface area contributed by atoms with Crippen molar-refractivity contribution in [3.8, 4) is 0 Å². The lowest BCUT2D eigenvalue weighted by Gasteiger charge is -2.30. The molecule has 0 saturated carbocycles. The summed E-state index contributed by atoms with van der Waals surface area (Å²) in [7, 11) is 0. The summed E-state index contributed by atoms with van der Waals surface area (Å²) in [6.07, 6.45) is 2.14. The van der Waals surface area contributed by atoms with Gasteiger partial charge in [0, 0.05) is 24.9 Å². The second-order valence-corrected chi connectivity index (χ2v) is 4.05. The fourth-order valence-electron chi connectivity index (χ4n) is 1.69. The third kappa shape index (κ3) is 3.46. The first-order chi connectivity index (χ1) is 6.75. The molecule has 0 aromatic rings. The zero-order valence-corrected chi connectivity index (χ0v) is 9.42. The standard InChI is InChI=1S/C10H18ClNO2/c1-9-3-2-5-12(10(9)13)6-8-14-7-4-11/h9H,2-8H2,1H3. The largest absolute Gasteiger partial charge is 0.378 e. The Labute approximate surface area is 90.4 Å². The van der Waals surface area contributed by atoms with Gasteiger partial charge in [-0.15, -0.1) is 11.6 Å². The third-order valence-electron chi connectivity index (χ3n) is 2.53. The molecule has 14 heavy (non-hydrogen) atoms. The van der Waals surface area contributed by atoms with Gasteiger partial charge in [0.1, 0.15) is 0 Å². The molecule has 1 atom stereocenters. The molecule has 4 heteroatoms. The van der Waals surface area contributed by atoms with E-state index in [-0.39, 0.29) is 11.8 Å². The first kappa shape index (κ1) is 11.8. The predicted molar refractivity (Wildman–Crippen MR) is 56.5 cm³/mol. The minimum atomic E-state index is 0.191. The Morgan fingerprint density at radius 2 is 2.36 bits per heavy atom. The summed E-state index contributed by atoms with van der Waals surface area (Å²) in [5.41, 5.74) is 0. The zero-order chi connectivity index (χ0) is 10.4. The van der Waals surface area contributed by atoms with Crippen molar-refractivity contribution in [2.24, 2.45) is 5.92 Å². The summed E-state index contributed by atoms with van der Waals surface area (Å²) in [4.78, 5) is 13.5. The Balaban J connectivity index is 2.19. The summed E-state index contributed by atoms with van der Waals surface area (Å²) >= 11 is 5.47. The normalized spacial score (nSPS) is 22.9. The van der Waals surface area contributed by atoms with Crippen molar-refractivity contribution < 1.29 is 9.53 Å². The minimum Gasteiger partial charge on any atom is -0.378 e. The summed E-state index contributed by atoms with van der Waals surface area (Å²) in [6, 6.07) is 0. The maximum Gasteiger partial charge on any atom is 0.225 e. The van der Waals surface area contributed by atoms with Crippen LogP contribution in [0.15, 0.2) is 0 Å². The van der Waals surface area contributed by atoms with Crippen LogP contribution >= 0.6 is 11.6 Å². The molecule has 1 heterocycles. The van der Waals surface area contributed by atoms with Crippen LogP contribution in [0.1, 0.15) is 19.8 Å². The van der Waals surface area contributed by atoms with E-state index in [1.54, 1.807) is 0 Å². The number of rotatable bonds is 5. The fraction of sp³-hybridized carbons (Fsp3) is 0.900. The fourth-order valence-corrected chi connectivity index (χ4v) is 1.80. The summed E-state index contributed by atoms with van der Waals surface area (Å²) in [5, 5.41) is 0. The van der Waals surface area contributed by atoms with E-state index < -0.39 is 0 Å². The van der Waals surface area contributed by atoms with Crippen LogP contribution in [0.2, 0.25) is 0 Å². The van der Waals surface area contributed by atoms with E-state index in [4.69, 9.17) is 16.3 Å². The highest BCUT2D eigenvalue weighted by Gasteiger charge is 2.24. The van der Waals surface area contributed by atoms with E-state index in [1.807, 2.05) is 11.8 Å². The molecule has 0 spiro atoms. The first-order valence-electron chi connectivity index (χ1n) is 5.18. The molecule has 1 aliphatic rings. The molecule has 1 aliphatic heterocycles.